The SMILES string of the molecule is ClCCCOc1ccc(-c2cc3cc(Oc4ccc(Cl)cc4)ccc3o2)cc1. The van der Waals surface area contributed by atoms with Gasteiger partial charge in [0.1, 0.15) is 28.6 Å². The first kappa shape index (κ1) is 18.7. The minimum Gasteiger partial charge on any atom is -0.494 e. The Bertz CT molecular complexity index is 1050. The van der Waals surface area contributed by atoms with Gasteiger partial charge >= 0.3 is 0 Å². The number of rotatable bonds is 7. The molecule has 0 saturated carbocycles. The number of fused-ring (bicyclic) bond motifs is 1. The zero-order valence-corrected chi connectivity index (χ0v) is 16.5. The van der Waals surface area contributed by atoms with Crippen molar-refractivity contribution >= 4 is 34.2 Å². The molecule has 0 aliphatic heterocycles. The second-order valence-corrected chi connectivity index (χ2v) is 7.10. The number of hydrogen-bond donors (Lipinski definition) is 0. The van der Waals surface area contributed by atoms with Gasteiger partial charge < -0.3 is 13.9 Å². The maximum atomic E-state index is 5.98. The second kappa shape index (κ2) is 8.59. The van der Waals surface area contributed by atoms with Gasteiger partial charge in [0.2, 0.25) is 0 Å². The zero-order chi connectivity index (χ0) is 19.3. The number of ether oxygens (including phenoxy) is 2. The van der Waals surface area contributed by atoms with E-state index >= 15 is 0 Å². The molecule has 0 spiro atoms. The van der Waals surface area contributed by atoms with E-state index in [-0.39, 0.29) is 0 Å². The molecule has 3 nitrogen and oxygen atoms in total. The Kier molecular flexibility index (Phi) is 5.75. The van der Waals surface area contributed by atoms with Gasteiger partial charge in [0.15, 0.2) is 0 Å². The van der Waals surface area contributed by atoms with Gasteiger partial charge in [0, 0.05) is 21.9 Å². The van der Waals surface area contributed by atoms with Gasteiger partial charge in [-0.15, -0.1) is 11.6 Å². The number of benzene rings is 3. The highest BCUT2D eigenvalue weighted by Gasteiger charge is 2.08. The highest BCUT2D eigenvalue weighted by Crippen LogP contribution is 2.32. The van der Waals surface area contributed by atoms with Crippen LogP contribution in [-0.2, 0) is 0 Å². The van der Waals surface area contributed by atoms with Crippen LogP contribution in [0.2, 0.25) is 5.02 Å². The highest BCUT2D eigenvalue weighted by atomic mass is 35.5. The number of hydrogen-bond acceptors (Lipinski definition) is 3. The molecular weight excluding hydrogens is 395 g/mol. The van der Waals surface area contributed by atoms with E-state index in [9.17, 15) is 0 Å². The van der Waals surface area contributed by atoms with Gasteiger partial charge in [-0.05, 0) is 79.2 Å². The highest BCUT2D eigenvalue weighted by molar-refractivity contribution is 6.30. The van der Waals surface area contributed by atoms with Crippen LogP contribution < -0.4 is 9.47 Å². The predicted molar refractivity (Wildman–Crippen MR) is 114 cm³/mol. The smallest absolute Gasteiger partial charge is 0.135 e. The Morgan fingerprint density at radius 2 is 1.50 bits per heavy atom. The third-order valence-electron chi connectivity index (χ3n) is 4.22. The van der Waals surface area contributed by atoms with Crippen molar-refractivity contribution in [2.24, 2.45) is 0 Å². The lowest BCUT2D eigenvalue weighted by atomic mass is 10.1. The third kappa shape index (κ3) is 4.44. The van der Waals surface area contributed by atoms with E-state index < -0.39 is 0 Å². The molecule has 28 heavy (non-hydrogen) atoms. The van der Waals surface area contributed by atoms with Gasteiger partial charge in [-0.2, -0.15) is 0 Å². The van der Waals surface area contributed by atoms with Crippen LogP contribution in [0.1, 0.15) is 6.42 Å². The minimum absolute atomic E-state index is 0.598. The van der Waals surface area contributed by atoms with Crippen LogP contribution in [0.15, 0.2) is 77.2 Å². The Hall–Kier alpha value is -2.62. The summed E-state index contributed by atoms with van der Waals surface area (Å²) in [6.45, 7) is 0.615. The molecule has 0 aliphatic carbocycles. The zero-order valence-electron chi connectivity index (χ0n) is 15.0. The first-order valence-corrected chi connectivity index (χ1v) is 9.89. The lowest BCUT2D eigenvalue weighted by Crippen LogP contribution is -1.97. The average Bonchev–Trinajstić information content (AvgIpc) is 3.14. The lowest BCUT2D eigenvalue weighted by Gasteiger charge is -2.05. The van der Waals surface area contributed by atoms with Crippen molar-refractivity contribution in [3.05, 3.63) is 77.8 Å². The molecule has 0 fully saturated rings. The van der Waals surface area contributed by atoms with E-state index in [1.54, 1.807) is 12.1 Å². The molecule has 1 heterocycles. The van der Waals surface area contributed by atoms with Crippen molar-refractivity contribution in [2.75, 3.05) is 12.5 Å². The summed E-state index contributed by atoms with van der Waals surface area (Å²) in [7, 11) is 0. The van der Waals surface area contributed by atoms with Gasteiger partial charge in [0.25, 0.3) is 0 Å². The largest absolute Gasteiger partial charge is 0.494 e. The molecular formula is C23H18Cl2O3. The van der Waals surface area contributed by atoms with E-state index in [1.165, 1.54) is 0 Å². The Labute approximate surface area is 173 Å². The van der Waals surface area contributed by atoms with Crippen molar-refractivity contribution in [3.63, 3.8) is 0 Å². The molecule has 0 saturated heterocycles. The topological polar surface area (TPSA) is 31.6 Å². The van der Waals surface area contributed by atoms with Crippen LogP contribution in [0, 0.1) is 0 Å². The van der Waals surface area contributed by atoms with Crippen molar-refractivity contribution in [1.82, 2.24) is 0 Å². The van der Waals surface area contributed by atoms with Crippen LogP contribution in [0.5, 0.6) is 17.2 Å². The number of halogens is 2. The molecule has 4 rings (SSSR count). The number of furan rings is 1. The van der Waals surface area contributed by atoms with Crippen molar-refractivity contribution in [1.29, 1.82) is 0 Å². The Morgan fingerprint density at radius 1 is 0.786 bits per heavy atom. The van der Waals surface area contributed by atoms with Gasteiger partial charge in [0.05, 0.1) is 6.61 Å². The molecule has 0 radical (unpaired) electrons. The second-order valence-electron chi connectivity index (χ2n) is 6.28. The maximum absolute atomic E-state index is 5.98. The van der Waals surface area contributed by atoms with Crippen LogP contribution in [0.3, 0.4) is 0 Å². The summed E-state index contributed by atoms with van der Waals surface area (Å²) in [5, 5.41) is 1.65. The number of alkyl halides is 1. The molecule has 4 aromatic rings. The maximum Gasteiger partial charge on any atom is 0.135 e. The van der Waals surface area contributed by atoms with Crippen molar-refractivity contribution in [3.8, 4) is 28.6 Å². The van der Waals surface area contributed by atoms with Gasteiger partial charge in [-0.25, -0.2) is 0 Å². The fourth-order valence-corrected chi connectivity index (χ4v) is 3.06. The van der Waals surface area contributed by atoms with Crippen LogP contribution in [0.4, 0.5) is 0 Å². The van der Waals surface area contributed by atoms with Crippen LogP contribution >= 0.6 is 23.2 Å². The quantitative estimate of drug-likeness (QED) is 0.232. The Morgan fingerprint density at radius 3 is 2.25 bits per heavy atom. The molecule has 0 aliphatic rings. The van der Waals surface area contributed by atoms with Gasteiger partial charge in [-0.1, -0.05) is 11.6 Å². The molecule has 1 aromatic heterocycles. The molecule has 0 bridgehead atoms. The van der Waals surface area contributed by atoms with Gasteiger partial charge in [-0.3, -0.25) is 0 Å². The monoisotopic (exact) mass is 412 g/mol. The molecule has 142 valence electrons. The first-order valence-electron chi connectivity index (χ1n) is 8.97. The van der Waals surface area contributed by atoms with E-state index in [4.69, 9.17) is 37.1 Å². The van der Waals surface area contributed by atoms with E-state index in [1.807, 2.05) is 60.7 Å². The molecule has 5 heteroatoms. The minimum atomic E-state index is 0.598. The molecule has 3 aromatic carbocycles. The summed E-state index contributed by atoms with van der Waals surface area (Å²) in [6.07, 6.45) is 0.827. The summed E-state index contributed by atoms with van der Waals surface area (Å²) in [4.78, 5) is 0. The standard InChI is InChI=1S/C23H18Cl2O3/c24-12-1-13-26-19-6-2-16(3-7-19)23-15-17-14-21(10-11-22(17)28-23)27-20-8-4-18(25)5-9-20/h2-11,14-15H,1,12-13H2. The van der Waals surface area contributed by atoms with E-state index in [2.05, 4.69) is 0 Å². The summed E-state index contributed by atoms with van der Waals surface area (Å²) in [5.74, 6) is 3.69. The van der Waals surface area contributed by atoms with Crippen LogP contribution in [-0.4, -0.2) is 12.5 Å². The predicted octanol–water partition coefficient (Wildman–Crippen LogP) is 7.55. The molecule has 0 N–H and O–H groups in total. The Balaban J connectivity index is 1.52. The van der Waals surface area contributed by atoms with Crippen LogP contribution in [0.25, 0.3) is 22.3 Å². The summed E-state index contributed by atoms with van der Waals surface area (Å²) in [6, 6.07) is 22.9. The third-order valence-corrected chi connectivity index (χ3v) is 4.74. The summed E-state index contributed by atoms with van der Waals surface area (Å²) >= 11 is 11.6. The average molecular weight is 413 g/mol. The van der Waals surface area contributed by atoms with Crippen molar-refractivity contribution in [2.45, 2.75) is 6.42 Å². The first-order chi connectivity index (χ1) is 13.7. The molecule has 0 atom stereocenters. The van der Waals surface area contributed by atoms with E-state index in [0.717, 1.165) is 46.0 Å². The summed E-state index contributed by atoms with van der Waals surface area (Å²) < 4.78 is 17.5. The molecule has 0 amide bonds. The lowest BCUT2D eigenvalue weighted by molar-refractivity contribution is 0.318. The normalized spacial score (nSPS) is 10.9. The van der Waals surface area contributed by atoms with E-state index in [0.29, 0.717) is 17.5 Å². The van der Waals surface area contributed by atoms with Crippen molar-refractivity contribution < 1.29 is 13.9 Å². The summed E-state index contributed by atoms with van der Waals surface area (Å²) in [5.41, 5.74) is 1.79. The molecule has 0 unspecified atom stereocenters. The fraction of sp³-hybridized carbons (Fsp3) is 0.130. The fourth-order valence-electron chi connectivity index (χ4n) is 2.83.